The highest BCUT2D eigenvalue weighted by Crippen LogP contribution is 2.11. The highest BCUT2D eigenvalue weighted by Gasteiger charge is 2.16. The van der Waals surface area contributed by atoms with Crippen molar-refractivity contribution < 1.29 is 9.53 Å². The molecule has 0 radical (unpaired) electrons. The summed E-state index contributed by atoms with van der Waals surface area (Å²) in [6, 6.07) is 1.96. The number of anilines is 1. The van der Waals surface area contributed by atoms with E-state index < -0.39 is 0 Å². The number of carbonyl (C=O) groups excluding carboxylic acids is 1. The lowest BCUT2D eigenvalue weighted by Crippen LogP contribution is -2.37. The van der Waals surface area contributed by atoms with E-state index in [0.717, 1.165) is 5.82 Å². The predicted octanol–water partition coefficient (Wildman–Crippen LogP) is 1.25. The number of carbonyl (C=O) groups is 1. The zero-order chi connectivity index (χ0) is 12.0. The maximum atomic E-state index is 11.4. The summed E-state index contributed by atoms with van der Waals surface area (Å²) in [5, 5.41) is 0. The van der Waals surface area contributed by atoms with Gasteiger partial charge >= 0.3 is 5.97 Å². The molecule has 0 fully saturated rings. The lowest BCUT2D eigenvalue weighted by atomic mass is 10.3. The van der Waals surface area contributed by atoms with Gasteiger partial charge in [-0.05, 0) is 26.8 Å². The minimum Gasteiger partial charge on any atom is -0.465 e. The Labute approximate surface area is 95.5 Å². The lowest BCUT2D eigenvalue weighted by Gasteiger charge is -2.26. The molecule has 1 rings (SSSR count). The maximum Gasteiger partial charge on any atom is 0.325 e. The van der Waals surface area contributed by atoms with Gasteiger partial charge in [-0.2, -0.15) is 0 Å². The van der Waals surface area contributed by atoms with E-state index in [9.17, 15) is 4.79 Å². The van der Waals surface area contributed by atoms with Crippen LogP contribution in [0, 0.1) is 0 Å². The Balaban J connectivity index is 2.73. The van der Waals surface area contributed by atoms with Crippen molar-refractivity contribution in [1.29, 1.82) is 0 Å². The molecule has 1 heterocycles. The smallest absolute Gasteiger partial charge is 0.325 e. The highest BCUT2D eigenvalue weighted by atomic mass is 16.5. The van der Waals surface area contributed by atoms with Crippen LogP contribution in [0.25, 0.3) is 0 Å². The number of hydrogen-bond acceptors (Lipinski definition) is 5. The second-order valence-electron chi connectivity index (χ2n) is 3.59. The zero-order valence-corrected chi connectivity index (χ0v) is 9.88. The van der Waals surface area contributed by atoms with E-state index in [4.69, 9.17) is 4.74 Å². The van der Waals surface area contributed by atoms with Crippen molar-refractivity contribution >= 4 is 11.8 Å². The maximum absolute atomic E-state index is 11.4. The standard InChI is InChI=1S/C11H17N3O2/c1-4-16-11(15)7-14(9(2)3)10-5-6-12-8-13-10/h5-6,8-9H,4,7H2,1-3H3. The van der Waals surface area contributed by atoms with Crippen molar-refractivity contribution in [2.24, 2.45) is 0 Å². The van der Waals surface area contributed by atoms with E-state index >= 15 is 0 Å². The van der Waals surface area contributed by atoms with Crippen LogP contribution < -0.4 is 4.90 Å². The molecule has 1 aromatic rings. The molecule has 0 atom stereocenters. The number of esters is 1. The number of rotatable bonds is 5. The Morgan fingerprint density at radius 1 is 1.56 bits per heavy atom. The predicted molar refractivity (Wildman–Crippen MR) is 61.1 cm³/mol. The molecule has 0 spiro atoms. The van der Waals surface area contributed by atoms with Gasteiger partial charge in [0.1, 0.15) is 18.7 Å². The summed E-state index contributed by atoms with van der Waals surface area (Å²) in [7, 11) is 0. The lowest BCUT2D eigenvalue weighted by molar-refractivity contribution is -0.141. The fourth-order valence-electron chi connectivity index (χ4n) is 1.33. The molecular formula is C11H17N3O2. The summed E-state index contributed by atoms with van der Waals surface area (Å²) < 4.78 is 4.92. The third kappa shape index (κ3) is 3.49. The Kier molecular flexibility index (Phi) is 4.69. The van der Waals surface area contributed by atoms with E-state index in [1.165, 1.54) is 6.33 Å². The Bertz CT molecular complexity index is 327. The largest absolute Gasteiger partial charge is 0.465 e. The van der Waals surface area contributed by atoms with Gasteiger partial charge in [0, 0.05) is 12.2 Å². The second kappa shape index (κ2) is 6.05. The number of hydrogen-bond donors (Lipinski definition) is 0. The molecule has 0 N–H and O–H groups in total. The molecule has 88 valence electrons. The first-order chi connectivity index (χ1) is 7.65. The molecule has 0 bridgehead atoms. The average molecular weight is 223 g/mol. The molecule has 5 nitrogen and oxygen atoms in total. The summed E-state index contributed by atoms with van der Waals surface area (Å²) in [5.41, 5.74) is 0. The van der Waals surface area contributed by atoms with Gasteiger partial charge in [0.2, 0.25) is 0 Å². The van der Waals surface area contributed by atoms with E-state index in [2.05, 4.69) is 9.97 Å². The molecule has 0 aliphatic carbocycles. The normalized spacial score (nSPS) is 10.2. The molecule has 16 heavy (non-hydrogen) atoms. The van der Waals surface area contributed by atoms with Crippen molar-refractivity contribution in [3.63, 3.8) is 0 Å². The van der Waals surface area contributed by atoms with Gasteiger partial charge in [-0.25, -0.2) is 9.97 Å². The molecule has 5 heteroatoms. The second-order valence-corrected chi connectivity index (χ2v) is 3.59. The monoisotopic (exact) mass is 223 g/mol. The third-order valence-electron chi connectivity index (χ3n) is 2.09. The van der Waals surface area contributed by atoms with Crippen LogP contribution in [0.3, 0.4) is 0 Å². The van der Waals surface area contributed by atoms with Crippen LogP contribution in [-0.2, 0) is 9.53 Å². The number of nitrogens with zero attached hydrogens (tertiary/aromatic N) is 3. The van der Waals surface area contributed by atoms with Crippen LogP contribution in [0.5, 0.6) is 0 Å². The molecular weight excluding hydrogens is 206 g/mol. The van der Waals surface area contributed by atoms with Crippen LogP contribution in [0.1, 0.15) is 20.8 Å². The Morgan fingerprint density at radius 2 is 2.31 bits per heavy atom. The van der Waals surface area contributed by atoms with Crippen LogP contribution in [0.15, 0.2) is 18.6 Å². The first-order valence-corrected chi connectivity index (χ1v) is 5.33. The molecule has 0 unspecified atom stereocenters. The number of ether oxygens (including phenoxy) is 1. The summed E-state index contributed by atoms with van der Waals surface area (Å²) in [6.07, 6.45) is 3.12. The Hall–Kier alpha value is -1.65. The zero-order valence-electron chi connectivity index (χ0n) is 9.88. The van der Waals surface area contributed by atoms with Gasteiger partial charge in [-0.3, -0.25) is 4.79 Å². The van der Waals surface area contributed by atoms with Gasteiger partial charge in [0.05, 0.1) is 6.61 Å². The summed E-state index contributed by atoms with van der Waals surface area (Å²) in [6.45, 7) is 6.40. The number of aromatic nitrogens is 2. The van der Waals surface area contributed by atoms with E-state index in [-0.39, 0.29) is 18.6 Å². The van der Waals surface area contributed by atoms with E-state index in [0.29, 0.717) is 6.61 Å². The molecule has 1 aromatic heterocycles. The van der Waals surface area contributed by atoms with Crippen LogP contribution >= 0.6 is 0 Å². The van der Waals surface area contributed by atoms with Gasteiger partial charge in [0.15, 0.2) is 0 Å². The van der Waals surface area contributed by atoms with Crippen molar-refractivity contribution in [1.82, 2.24) is 9.97 Å². The Morgan fingerprint density at radius 3 is 2.81 bits per heavy atom. The molecule has 0 aliphatic heterocycles. The van der Waals surface area contributed by atoms with Crippen molar-refractivity contribution in [3.05, 3.63) is 18.6 Å². The van der Waals surface area contributed by atoms with Gasteiger partial charge in [0.25, 0.3) is 0 Å². The first kappa shape index (κ1) is 12.4. The van der Waals surface area contributed by atoms with Gasteiger partial charge in [-0.15, -0.1) is 0 Å². The molecule has 0 amide bonds. The minimum absolute atomic E-state index is 0.180. The van der Waals surface area contributed by atoms with Crippen molar-refractivity contribution in [3.8, 4) is 0 Å². The van der Waals surface area contributed by atoms with Crippen molar-refractivity contribution in [2.75, 3.05) is 18.1 Å². The average Bonchev–Trinajstić information content (AvgIpc) is 2.27. The minimum atomic E-state index is -0.241. The van der Waals surface area contributed by atoms with E-state index in [1.807, 2.05) is 18.7 Å². The fourth-order valence-corrected chi connectivity index (χ4v) is 1.33. The molecule has 0 saturated heterocycles. The van der Waals surface area contributed by atoms with Crippen LogP contribution in [0.4, 0.5) is 5.82 Å². The van der Waals surface area contributed by atoms with Crippen molar-refractivity contribution in [2.45, 2.75) is 26.8 Å². The SMILES string of the molecule is CCOC(=O)CN(c1ccncn1)C(C)C. The quantitative estimate of drug-likeness (QED) is 0.703. The summed E-state index contributed by atoms with van der Waals surface area (Å²) in [5.74, 6) is 0.493. The van der Waals surface area contributed by atoms with Crippen LogP contribution in [0.2, 0.25) is 0 Å². The van der Waals surface area contributed by atoms with Crippen LogP contribution in [-0.4, -0.2) is 35.1 Å². The van der Waals surface area contributed by atoms with Gasteiger partial charge in [-0.1, -0.05) is 0 Å². The van der Waals surface area contributed by atoms with Gasteiger partial charge < -0.3 is 9.64 Å². The molecule has 0 aromatic carbocycles. The highest BCUT2D eigenvalue weighted by molar-refractivity contribution is 5.75. The fraction of sp³-hybridized carbons (Fsp3) is 0.545. The summed E-state index contributed by atoms with van der Waals surface area (Å²) in [4.78, 5) is 21.3. The van der Waals surface area contributed by atoms with E-state index in [1.54, 1.807) is 19.2 Å². The summed E-state index contributed by atoms with van der Waals surface area (Å²) >= 11 is 0. The first-order valence-electron chi connectivity index (χ1n) is 5.33. The molecule has 0 saturated carbocycles. The molecule has 0 aliphatic rings. The third-order valence-corrected chi connectivity index (χ3v) is 2.09. The topological polar surface area (TPSA) is 55.3 Å².